The summed E-state index contributed by atoms with van der Waals surface area (Å²) in [5.74, 6) is -0.551. The lowest BCUT2D eigenvalue weighted by atomic mass is 9.94. The van der Waals surface area contributed by atoms with Crippen molar-refractivity contribution in [3.05, 3.63) is 108 Å². The minimum absolute atomic E-state index is 0.0569. The Hall–Kier alpha value is -4.19. The number of ether oxygens (including phenoxy) is 1. The largest absolute Gasteiger partial charge is 0.433 e. The SMILES string of the molecule is O=C(O[C@@H]1c2ccccc2C(=O)N1C1CCCCC1)c1cn(-c2ccccc2)nc1-c1ccccc1. The predicted molar refractivity (Wildman–Crippen MR) is 137 cm³/mol. The van der Waals surface area contributed by atoms with Crippen molar-refractivity contribution < 1.29 is 14.3 Å². The van der Waals surface area contributed by atoms with Gasteiger partial charge in [0.05, 0.1) is 5.69 Å². The molecule has 0 radical (unpaired) electrons. The average Bonchev–Trinajstić information content (AvgIpc) is 3.51. The average molecular weight is 478 g/mol. The Bertz CT molecular complexity index is 1390. The van der Waals surface area contributed by atoms with Gasteiger partial charge in [0.25, 0.3) is 5.91 Å². The molecule has 1 fully saturated rings. The highest BCUT2D eigenvalue weighted by Crippen LogP contribution is 2.40. The Morgan fingerprint density at radius 1 is 0.833 bits per heavy atom. The number of carbonyl (C=O) groups is 2. The Kier molecular flexibility index (Phi) is 5.85. The molecule has 4 aromatic rings. The Labute approximate surface area is 210 Å². The summed E-state index contributed by atoms with van der Waals surface area (Å²) in [6.45, 7) is 0. The van der Waals surface area contributed by atoms with E-state index in [-0.39, 0.29) is 11.9 Å². The molecule has 0 saturated heterocycles. The second-order valence-electron chi connectivity index (χ2n) is 9.39. The highest BCUT2D eigenvalue weighted by Gasteiger charge is 2.43. The molecule has 2 aliphatic rings. The van der Waals surface area contributed by atoms with E-state index in [2.05, 4.69) is 0 Å². The molecule has 3 aromatic carbocycles. The minimum Gasteiger partial charge on any atom is -0.433 e. The quantitative estimate of drug-likeness (QED) is 0.322. The summed E-state index contributed by atoms with van der Waals surface area (Å²) in [5, 5.41) is 4.75. The van der Waals surface area contributed by atoms with Crippen molar-refractivity contribution >= 4 is 11.9 Å². The molecule has 180 valence electrons. The van der Waals surface area contributed by atoms with Crippen molar-refractivity contribution in [3.8, 4) is 16.9 Å². The van der Waals surface area contributed by atoms with Crippen molar-refractivity contribution in [3.63, 3.8) is 0 Å². The first kappa shape index (κ1) is 22.3. The van der Waals surface area contributed by atoms with Gasteiger partial charge in [0.1, 0.15) is 11.3 Å². The number of fused-ring (bicyclic) bond motifs is 1. The summed E-state index contributed by atoms with van der Waals surface area (Å²) in [4.78, 5) is 29.0. The van der Waals surface area contributed by atoms with Gasteiger partial charge in [-0.25, -0.2) is 9.48 Å². The Morgan fingerprint density at radius 3 is 2.25 bits per heavy atom. The first-order valence-corrected chi connectivity index (χ1v) is 12.5. The van der Waals surface area contributed by atoms with Gasteiger partial charge in [-0.3, -0.25) is 9.69 Å². The number of aromatic nitrogens is 2. The third kappa shape index (κ3) is 3.98. The van der Waals surface area contributed by atoms with Crippen LogP contribution in [0.25, 0.3) is 16.9 Å². The van der Waals surface area contributed by atoms with Gasteiger partial charge < -0.3 is 4.74 Å². The number of benzene rings is 3. The van der Waals surface area contributed by atoms with E-state index in [0.717, 1.165) is 42.5 Å². The summed E-state index contributed by atoms with van der Waals surface area (Å²) < 4.78 is 7.88. The Morgan fingerprint density at radius 2 is 1.50 bits per heavy atom. The number of rotatable bonds is 5. The summed E-state index contributed by atoms with van der Waals surface area (Å²) in [6, 6.07) is 26.8. The smallest absolute Gasteiger partial charge is 0.344 e. The van der Waals surface area contributed by atoms with Gasteiger partial charge in [-0.2, -0.15) is 5.10 Å². The fraction of sp³-hybridized carbons (Fsp3) is 0.233. The van der Waals surface area contributed by atoms with Crippen LogP contribution in [0.15, 0.2) is 91.1 Å². The van der Waals surface area contributed by atoms with Crippen LogP contribution in [-0.2, 0) is 4.74 Å². The molecular weight excluding hydrogens is 450 g/mol. The molecule has 0 unspecified atom stereocenters. The van der Waals surface area contributed by atoms with Crippen LogP contribution in [-0.4, -0.2) is 32.6 Å². The molecule has 36 heavy (non-hydrogen) atoms. The number of nitrogens with zero attached hydrogens (tertiary/aromatic N) is 3. The van der Waals surface area contributed by atoms with Crippen LogP contribution < -0.4 is 0 Å². The third-order valence-electron chi connectivity index (χ3n) is 7.13. The molecule has 1 saturated carbocycles. The number of carbonyl (C=O) groups excluding carboxylic acids is 2. The minimum atomic E-state index is -0.743. The van der Waals surface area contributed by atoms with Crippen LogP contribution in [0, 0.1) is 0 Å². The van der Waals surface area contributed by atoms with Crippen molar-refractivity contribution in [2.24, 2.45) is 0 Å². The number of para-hydroxylation sites is 1. The second kappa shape index (κ2) is 9.46. The van der Waals surface area contributed by atoms with Gasteiger partial charge in [0, 0.05) is 28.9 Å². The second-order valence-corrected chi connectivity index (χ2v) is 9.39. The first-order valence-electron chi connectivity index (χ1n) is 12.5. The fourth-order valence-corrected chi connectivity index (χ4v) is 5.35. The summed E-state index contributed by atoms with van der Waals surface area (Å²) in [6.07, 6.45) is 6.15. The predicted octanol–water partition coefficient (Wildman–Crippen LogP) is 6.18. The van der Waals surface area contributed by atoms with Crippen LogP contribution in [0.5, 0.6) is 0 Å². The van der Waals surface area contributed by atoms with Gasteiger partial charge in [0.2, 0.25) is 6.23 Å². The van der Waals surface area contributed by atoms with Gasteiger partial charge >= 0.3 is 5.97 Å². The van der Waals surface area contributed by atoms with E-state index in [1.54, 1.807) is 15.8 Å². The number of hydrogen-bond acceptors (Lipinski definition) is 4. The molecule has 2 heterocycles. The van der Waals surface area contributed by atoms with E-state index in [1.165, 1.54) is 6.42 Å². The van der Waals surface area contributed by atoms with Gasteiger partial charge in [0.15, 0.2) is 0 Å². The highest BCUT2D eigenvalue weighted by atomic mass is 16.6. The molecular formula is C30H27N3O3. The van der Waals surface area contributed by atoms with Crippen molar-refractivity contribution in [2.75, 3.05) is 0 Å². The number of amides is 1. The zero-order valence-electron chi connectivity index (χ0n) is 19.9. The van der Waals surface area contributed by atoms with Crippen LogP contribution >= 0.6 is 0 Å². The maximum atomic E-state index is 13.8. The van der Waals surface area contributed by atoms with Crippen LogP contribution in [0.2, 0.25) is 0 Å². The lowest BCUT2D eigenvalue weighted by molar-refractivity contribution is -0.0365. The standard InChI is InChI=1S/C30H27N3O3/c34-28-24-18-10-11-19-25(24)29(33(28)23-16-8-3-9-17-23)36-30(35)26-20-32(22-14-6-2-7-15-22)31-27(26)21-12-4-1-5-13-21/h1-2,4-7,10-15,18-20,23,29H,3,8-9,16-17H2/t29-/m1/s1. The molecule has 6 rings (SSSR count). The van der Waals surface area contributed by atoms with Crippen molar-refractivity contribution in [1.29, 1.82) is 0 Å². The first-order chi connectivity index (χ1) is 17.7. The van der Waals surface area contributed by atoms with Gasteiger partial charge in [-0.15, -0.1) is 0 Å². The van der Waals surface area contributed by atoms with E-state index in [1.807, 2.05) is 84.9 Å². The van der Waals surface area contributed by atoms with E-state index >= 15 is 0 Å². The maximum Gasteiger partial charge on any atom is 0.344 e. The molecule has 0 bridgehead atoms. The van der Waals surface area contributed by atoms with E-state index in [4.69, 9.17) is 9.84 Å². The molecule has 1 aromatic heterocycles. The molecule has 0 spiro atoms. The highest BCUT2D eigenvalue weighted by molar-refractivity contribution is 6.00. The Balaban J connectivity index is 1.39. The van der Waals surface area contributed by atoms with Gasteiger partial charge in [-0.05, 0) is 31.0 Å². The van der Waals surface area contributed by atoms with Crippen LogP contribution in [0.1, 0.15) is 64.6 Å². The zero-order chi connectivity index (χ0) is 24.5. The molecule has 6 heteroatoms. The lowest BCUT2D eigenvalue weighted by Gasteiger charge is -2.35. The monoisotopic (exact) mass is 477 g/mol. The summed E-state index contributed by atoms with van der Waals surface area (Å²) in [7, 11) is 0. The third-order valence-corrected chi connectivity index (χ3v) is 7.13. The summed E-state index contributed by atoms with van der Waals surface area (Å²) in [5.41, 5.74) is 3.95. The van der Waals surface area contributed by atoms with E-state index in [0.29, 0.717) is 16.8 Å². The molecule has 1 amide bonds. The topological polar surface area (TPSA) is 64.4 Å². The van der Waals surface area contributed by atoms with Crippen LogP contribution in [0.4, 0.5) is 0 Å². The fourth-order valence-electron chi connectivity index (χ4n) is 5.35. The zero-order valence-corrected chi connectivity index (χ0v) is 19.9. The maximum absolute atomic E-state index is 13.8. The van der Waals surface area contributed by atoms with Crippen LogP contribution in [0.3, 0.4) is 0 Å². The number of esters is 1. The lowest BCUT2D eigenvalue weighted by Crippen LogP contribution is -2.41. The van der Waals surface area contributed by atoms with Gasteiger partial charge in [-0.1, -0.05) is 86.0 Å². The number of hydrogen-bond donors (Lipinski definition) is 0. The molecule has 0 N–H and O–H groups in total. The van der Waals surface area contributed by atoms with Crippen molar-refractivity contribution in [2.45, 2.75) is 44.4 Å². The molecule has 1 atom stereocenters. The molecule has 6 nitrogen and oxygen atoms in total. The van der Waals surface area contributed by atoms with Crippen molar-refractivity contribution in [1.82, 2.24) is 14.7 Å². The normalized spacial score (nSPS) is 17.7. The molecule has 1 aliphatic heterocycles. The van der Waals surface area contributed by atoms with E-state index < -0.39 is 12.2 Å². The summed E-state index contributed by atoms with van der Waals surface area (Å²) >= 11 is 0. The molecule has 1 aliphatic carbocycles. The van der Waals surface area contributed by atoms with E-state index in [9.17, 15) is 9.59 Å².